The maximum absolute atomic E-state index is 12.3. The van der Waals surface area contributed by atoms with E-state index in [2.05, 4.69) is 15.4 Å². The van der Waals surface area contributed by atoms with Crippen molar-refractivity contribution in [3.8, 4) is 11.4 Å². The van der Waals surface area contributed by atoms with Crippen LogP contribution in [0.25, 0.3) is 11.4 Å². The van der Waals surface area contributed by atoms with Gasteiger partial charge in [-0.25, -0.2) is 0 Å². The summed E-state index contributed by atoms with van der Waals surface area (Å²) in [7, 11) is 3.97. The van der Waals surface area contributed by atoms with Gasteiger partial charge in [-0.3, -0.25) is 4.79 Å². The lowest BCUT2D eigenvalue weighted by atomic mass is 10.1. The highest BCUT2D eigenvalue weighted by Gasteiger charge is 2.11. The van der Waals surface area contributed by atoms with Crippen LogP contribution in [0.1, 0.15) is 15.9 Å². The Morgan fingerprint density at radius 2 is 1.71 bits per heavy atom. The molecule has 0 fully saturated rings. The van der Waals surface area contributed by atoms with Gasteiger partial charge >= 0.3 is 0 Å². The average Bonchev–Trinajstić information content (AvgIpc) is 3.04. The fourth-order valence-corrected chi connectivity index (χ4v) is 2.29. The third kappa shape index (κ3) is 3.48. The summed E-state index contributed by atoms with van der Waals surface area (Å²) in [4.78, 5) is 15.6. The highest BCUT2D eigenvalue weighted by molar-refractivity contribution is 5.95. The van der Waals surface area contributed by atoms with Crippen molar-refractivity contribution in [3.63, 3.8) is 0 Å². The summed E-state index contributed by atoms with van der Waals surface area (Å²) in [5.41, 5.74) is 3.74. The quantitative estimate of drug-likeness (QED) is 0.676. The van der Waals surface area contributed by atoms with E-state index < -0.39 is 0 Å². The van der Waals surface area contributed by atoms with E-state index in [1.165, 1.54) is 4.80 Å². The van der Waals surface area contributed by atoms with Crippen molar-refractivity contribution in [2.45, 2.75) is 13.5 Å². The van der Waals surface area contributed by atoms with Gasteiger partial charge in [-0.15, -0.1) is 10.2 Å². The number of aryl methyl sites for hydroxylation is 1. The minimum Gasteiger partial charge on any atom is -0.378 e. The molecular formula is C18H19N5O. The first-order valence-corrected chi connectivity index (χ1v) is 7.68. The molecule has 0 amide bonds. The zero-order chi connectivity index (χ0) is 17.1. The summed E-state index contributed by atoms with van der Waals surface area (Å²) in [6, 6.07) is 15.3. The molecule has 0 saturated carbocycles. The van der Waals surface area contributed by atoms with Crippen LogP contribution >= 0.6 is 0 Å². The molecule has 0 aliphatic heterocycles. The number of hydrogen-bond acceptors (Lipinski definition) is 5. The van der Waals surface area contributed by atoms with Crippen molar-refractivity contribution < 1.29 is 4.79 Å². The molecular weight excluding hydrogens is 302 g/mol. The lowest BCUT2D eigenvalue weighted by Gasteiger charge is -2.11. The third-order valence-corrected chi connectivity index (χ3v) is 3.75. The van der Waals surface area contributed by atoms with Crippen molar-refractivity contribution in [2.24, 2.45) is 0 Å². The smallest absolute Gasteiger partial charge is 0.204 e. The standard InChI is InChI=1S/C18H19N5O/c1-13-4-6-14(7-5-13)17(24)12-23-20-18(19-21-23)15-8-10-16(11-9-15)22(2)3/h4-11H,12H2,1-3H3. The molecule has 2 aromatic carbocycles. The molecule has 0 unspecified atom stereocenters. The predicted octanol–water partition coefficient (Wildman–Crippen LogP) is 2.60. The number of anilines is 1. The second-order valence-electron chi connectivity index (χ2n) is 5.87. The van der Waals surface area contributed by atoms with Gasteiger partial charge in [-0.1, -0.05) is 29.8 Å². The van der Waals surface area contributed by atoms with Gasteiger partial charge in [0.25, 0.3) is 0 Å². The molecule has 0 aliphatic carbocycles. The Balaban J connectivity index is 1.73. The Kier molecular flexibility index (Phi) is 4.37. The number of nitrogens with zero attached hydrogens (tertiary/aromatic N) is 5. The van der Waals surface area contributed by atoms with Crippen LogP contribution in [-0.4, -0.2) is 40.1 Å². The van der Waals surface area contributed by atoms with Crippen LogP contribution < -0.4 is 4.90 Å². The molecule has 3 rings (SSSR count). The number of ketones is 1. The van der Waals surface area contributed by atoms with E-state index in [4.69, 9.17) is 0 Å². The summed E-state index contributed by atoms with van der Waals surface area (Å²) >= 11 is 0. The highest BCUT2D eigenvalue weighted by Crippen LogP contribution is 2.18. The molecule has 1 heterocycles. The molecule has 6 heteroatoms. The second-order valence-corrected chi connectivity index (χ2v) is 5.87. The number of benzene rings is 2. The molecule has 0 atom stereocenters. The lowest BCUT2D eigenvalue weighted by Crippen LogP contribution is -2.13. The number of tetrazole rings is 1. The van der Waals surface area contributed by atoms with E-state index in [0.29, 0.717) is 11.4 Å². The van der Waals surface area contributed by atoms with Crippen LogP contribution in [0.5, 0.6) is 0 Å². The molecule has 0 spiro atoms. The molecule has 0 radical (unpaired) electrons. The topological polar surface area (TPSA) is 63.9 Å². The molecule has 3 aromatic rings. The predicted molar refractivity (Wildman–Crippen MR) is 93.1 cm³/mol. The van der Waals surface area contributed by atoms with Gasteiger partial charge in [-0.05, 0) is 36.4 Å². The second kappa shape index (κ2) is 6.62. The molecule has 0 N–H and O–H groups in total. The maximum atomic E-state index is 12.3. The van der Waals surface area contributed by atoms with E-state index in [1.807, 2.05) is 74.4 Å². The van der Waals surface area contributed by atoms with Gasteiger partial charge in [-0.2, -0.15) is 4.80 Å². The zero-order valence-electron chi connectivity index (χ0n) is 14.0. The van der Waals surface area contributed by atoms with Crippen LogP contribution in [0.3, 0.4) is 0 Å². The first kappa shape index (κ1) is 15.9. The molecule has 6 nitrogen and oxygen atoms in total. The normalized spacial score (nSPS) is 10.6. The fraction of sp³-hybridized carbons (Fsp3) is 0.222. The number of carbonyl (C=O) groups excluding carboxylic acids is 1. The SMILES string of the molecule is Cc1ccc(C(=O)Cn2nnc(-c3ccc(N(C)C)cc3)n2)cc1. The monoisotopic (exact) mass is 321 g/mol. The molecule has 24 heavy (non-hydrogen) atoms. The van der Waals surface area contributed by atoms with Gasteiger partial charge in [0, 0.05) is 30.9 Å². The molecule has 122 valence electrons. The molecule has 0 saturated heterocycles. The van der Waals surface area contributed by atoms with Crippen LogP contribution in [0, 0.1) is 6.92 Å². The molecule has 0 aliphatic rings. The Labute approximate surface area is 140 Å². The maximum Gasteiger partial charge on any atom is 0.204 e. The average molecular weight is 321 g/mol. The summed E-state index contributed by atoms with van der Waals surface area (Å²) in [6.45, 7) is 2.06. The number of aromatic nitrogens is 4. The van der Waals surface area contributed by atoms with E-state index in [9.17, 15) is 4.79 Å². The lowest BCUT2D eigenvalue weighted by molar-refractivity contribution is 0.0961. The van der Waals surface area contributed by atoms with Crippen LogP contribution in [0.15, 0.2) is 48.5 Å². The minimum atomic E-state index is -0.0399. The largest absolute Gasteiger partial charge is 0.378 e. The van der Waals surface area contributed by atoms with Crippen LogP contribution in [0.2, 0.25) is 0 Å². The Morgan fingerprint density at radius 1 is 1.04 bits per heavy atom. The minimum absolute atomic E-state index is 0.0399. The van der Waals surface area contributed by atoms with E-state index in [1.54, 1.807) is 0 Å². The summed E-state index contributed by atoms with van der Waals surface area (Å²) in [6.07, 6.45) is 0. The van der Waals surface area contributed by atoms with Gasteiger partial charge in [0.2, 0.25) is 5.82 Å². The van der Waals surface area contributed by atoms with Gasteiger partial charge < -0.3 is 4.90 Å². The third-order valence-electron chi connectivity index (χ3n) is 3.75. The number of hydrogen-bond donors (Lipinski definition) is 0. The van der Waals surface area contributed by atoms with Gasteiger partial charge in [0.15, 0.2) is 5.78 Å². The van der Waals surface area contributed by atoms with Gasteiger partial charge in [0.1, 0.15) is 6.54 Å². The van der Waals surface area contributed by atoms with Crippen molar-refractivity contribution in [3.05, 3.63) is 59.7 Å². The van der Waals surface area contributed by atoms with Crippen LogP contribution in [0.4, 0.5) is 5.69 Å². The summed E-state index contributed by atoms with van der Waals surface area (Å²) < 4.78 is 0. The Bertz CT molecular complexity index is 835. The Morgan fingerprint density at radius 3 is 2.33 bits per heavy atom. The van der Waals surface area contributed by atoms with Gasteiger partial charge in [0.05, 0.1) is 0 Å². The summed E-state index contributed by atoms with van der Waals surface area (Å²) in [5, 5.41) is 12.3. The van der Waals surface area contributed by atoms with Crippen LogP contribution in [-0.2, 0) is 6.54 Å². The fourth-order valence-electron chi connectivity index (χ4n) is 2.29. The molecule has 0 bridgehead atoms. The van der Waals surface area contributed by atoms with Crippen molar-refractivity contribution in [1.29, 1.82) is 0 Å². The zero-order valence-corrected chi connectivity index (χ0v) is 14.0. The first-order chi connectivity index (χ1) is 11.5. The number of Topliss-reactive ketones (excluding diaryl/α,β-unsaturated/α-hetero) is 1. The van der Waals surface area contributed by atoms with Crippen molar-refractivity contribution >= 4 is 11.5 Å². The van der Waals surface area contributed by atoms with E-state index >= 15 is 0 Å². The first-order valence-electron chi connectivity index (χ1n) is 7.68. The number of carbonyl (C=O) groups is 1. The highest BCUT2D eigenvalue weighted by atomic mass is 16.1. The van der Waals surface area contributed by atoms with E-state index in [-0.39, 0.29) is 12.3 Å². The number of rotatable bonds is 5. The van der Waals surface area contributed by atoms with Crippen molar-refractivity contribution in [2.75, 3.05) is 19.0 Å². The Hall–Kier alpha value is -3.02. The van der Waals surface area contributed by atoms with Crippen molar-refractivity contribution in [1.82, 2.24) is 20.2 Å². The van der Waals surface area contributed by atoms with E-state index in [0.717, 1.165) is 16.8 Å². The molecule has 1 aromatic heterocycles. The summed E-state index contributed by atoms with van der Waals surface area (Å²) in [5.74, 6) is 0.471.